The summed E-state index contributed by atoms with van der Waals surface area (Å²) in [5.74, 6) is -1.64. The summed E-state index contributed by atoms with van der Waals surface area (Å²) in [7, 11) is -3.48. The highest BCUT2D eigenvalue weighted by molar-refractivity contribution is 7.90. The van der Waals surface area contributed by atoms with E-state index in [0.29, 0.717) is 25.9 Å². The number of carboxylic acid groups (broad SMARTS) is 1. The van der Waals surface area contributed by atoms with Crippen molar-refractivity contribution < 1.29 is 23.1 Å². The Morgan fingerprint density at radius 3 is 2.29 bits per heavy atom. The Hall–Kier alpha value is -1.89. The third-order valence-corrected chi connectivity index (χ3v) is 4.80. The van der Waals surface area contributed by atoms with Crippen molar-refractivity contribution in [3.8, 4) is 0 Å². The number of piperidine rings is 1. The SMILES string of the molecule is CS(=O)(=O)c1ccccc1C(=O)N1CCC(C(=O)O)CC1. The van der Waals surface area contributed by atoms with Gasteiger partial charge in [0.15, 0.2) is 9.84 Å². The average Bonchev–Trinajstić information content (AvgIpc) is 2.45. The Morgan fingerprint density at radius 1 is 1.19 bits per heavy atom. The molecule has 21 heavy (non-hydrogen) atoms. The zero-order valence-corrected chi connectivity index (χ0v) is 12.5. The minimum absolute atomic E-state index is 0.00959. The van der Waals surface area contributed by atoms with Crippen LogP contribution in [-0.4, -0.2) is 49.6 Å². The van der Waals surface area contributed by atoms with Crippen LogP contribution < -0.4 is 0 Å². The number of amides is 1. The van der Waals surface area contributed by atoms with Crippen LogP contribution in [0.4, 0.5) is 0 Å². The minimum atomic E-state index is -3.48. The Bertz CT molecular complexity index is 660. The van der Waals surface area contributed by atoms with Gasteiger partial charge in [-0.2, -0.15) is 0 Å². The highest BCUT2D eigenvalue weighted by Gasteiger charge is 2.29. The standard InChI is InChI=1S/C14H17NO5S/c1-21(19,20)12-5-3-2-4-11(12)13(16)15-8-6-10(7-9-15)14(17)18/h2-5,10H,6-9H2,1H3,(H,17,18). The minimum Gasteiger partial charge on any atom is -0.481 e. The molecule has 1 aliphatic heterocycles. The number of hydrogen-bond acceptors (Lipinski definition) is 4. The third-order valence-electron chi connectivity index (χ3n) is 3.65. The first-order valence-electron chi connectivity index (χ1n) is 6.62. The molecule has 2 rings (SSSR count). The molecule has 0 aliphatic carbocycles. The van der Waals surface area contributed by atoms with Crippen molar-refractivity contribution in [2.24, 2.45) is 5.92 Å². The second kappa shape index (κ2) is 5.85. The van der Waals surface area contributed by atoms with E-state index in [1.54, 1.807) is 12.1 Å². The number of hydrogen-bond donors (Lipinski definition) is 1. The molecule has 0 saturated carbocycles. The molecule has 0 atom stereocenters. The van der Waals surface area contributed by atoms with Crippen LogP contribution in [0.25, 0.3) is 0 Å². The number of carbonyl (C=O) groups is 2. The molecular weight excluding hydrogens is 294 g/mol. The van der Waals surface area contributed by atoms with Gasteiger partial charge in [-0.1, -0.05) is 12.1 Å². The summed E-state index contributed by atoms with van der Waals surface area (Å²) in [5, 5.41) is 8.95. The molecule has 1 fully saturated rings. The molecule has 0 aromatic heterocycles. The lowest BCUT2D eigenvalue weighted by Gasteiger charge is -2.30. The van der Waals surface area contributed by atoms with Crippen LogP contribution in [0.3, 0.4) is 0 Å². The van der Waals surface area contributed by atoms with Gasteiger partial charge in [0.25, 0.3) is 5.91 Å². The summed E-state index contributed by atoms with van der Waals surface area (Å²) in [6, 6.07) is 6.09. The van der Waals surface area contributed by atoms with Gasteiger partial charge in [-0.3, -0.25) is 9.59 Å². The zero-order chi connectivity index (χ0) is 15.6. The summed E-state index contributed by atoms with van der Waals surface area (Å²) in [6.07, 6.45) is 1.85. The number of carbonyl (C=O) groups excluding carboxylic acids is 1. The highest BCUT2D eigenvalue weighted by Crippen LogP contribution is 2.22. The van der Waals surface area contributed by atoms with Crippen LogP contribution in [-0.2, 0) is 14.6 Å². The molecule has 0 bridgehead atoms. The van der Waals surface area contributed by atoms with E-state index in [-0.39, 0.29) is 16.4 Å². The van der Waals surface area contributed by atoms with Crippen LogP contribution in [0.1, 0.15) is 23.2 Å². The number of likely N-dealkylation sites (tertiary alicyclic amines) is 1. The Balaban J connectivity index is 2.21. The molecule has 6 nitrogen and oxygen atoms in total. The first-order chi connectivity index (χ1) is 9.80. The van der Waals surface area contributed by atoms with Crippen molar-refractivity contribution in [2.45, 2.75) is 17.7 Å². The number of rotatable bonds is 3. The molecule has 1 heterocycles. The fourth-order valence-corrected chi connectivity index (χ4v) is 3.35. The lowest BCUT2D eigenvalue weighted by molar-refractivity contribution is -0.143. The van der Waals surface area contributed by atoms with Crippen LogP contribution >= 0.6 is 0 Å². The summed E-state index contributed by atoms with van der Waals surface area (Å²) < 4.78 is 23.5. The lowest BCUT2D eigenvalue weighted by atomic mass is 9.96. The molecule has 1 aromatic carbocycles. The third kappa shape index (κ3) is 3.41. The fourth-order valence-electron chi connectivity index (χ4n) is 2.47. The van der Waals surface area contributed by atoms with Crippen molar-refractivity contribution >= 4 is 21.7 Å². The molecule has 0 spiro atoms. The fraction of sp³-hybridized carbons (Fsp3) is 0.429. The van der Waals surface area contributed by atoms with Crippen LogP contribution in [0.15, 0.2) is 29.2 Å². The van der Waals surface area contributed by atoms with Gasteiger partial charge < -0.3 is 10.0 Å². The van der Waals surface area contributed by atoms with E-state index < -0.39 is 21.7 Å². The molecule has 7 heteroatoms. The first-order valence-corrected chi connectivity index (χ1v) is 8.51. The predicted octanol–water partition coefficient (Wildman–Crippen LogP) is 1.03. The van der Waals surface area contributed by atoms with Gasteiger partial charge in [0.1, 0.15) is 0 Å². The second-order valence-corrected chi connectivity index (χ2v) is 7.16. The summed E-state index contributed by atoms with van der Waals surface area (Å²) >= 11 is 0. The molecule has 0 unspecified atom stereocenters. The lowest BCUT2D eigenvalue weighted by Crippen LogP contribution is -2.40. The van der Waals surface area contributed by atoms with Gasteiger partial charge in [0, 0.05) is 19.3 Å². The maximum Gasteiger partial charge on any atom is 0.306 e. The van der Waals surface area contributed by atoms with E-state index in [9.17, 15) is 18.0 Å². The van der Waals surface area contributed by atoms with Gasteiger partial charge in [0.2, 0.25) is 0 Å². The summed E-state index contributed by atoms with van der Waals surface area (Å²) in [6.45, 7) is 0.655. The zero-order valence-electron chi connectivity index (χ0n) is 11.7. The number of nitrogens with zero attached hydrogens (tertiary/aromatic N) is 1. The van der Waals surface area contributed by atoms with E-state index >= 15 is 0 Å². The molecule has 1 aliphatic rings. The second-order valence-electron chi connectivity index (χ2n) is 5.17. The Kier molecular flexibility index (Phi) is 4.32. The van der Waals surface area contributed by atoms with Gasteiger partial charge in [0.05, 0.1) is 16.4 Å². The smallest absolute Gasteiger partial charge is 0.306 e. The van der Waals surface area contributed by atoms with E-state index in [1.807, 2.05) is 0 Å². The quantitative estimate of drug-likeness (QED) is 0.900. The number of benzene rings is 1. The summed E-state index contributed by atoms with van der Waals surface area (Å²) in [4.78, 5) is 24.9. The summed E-state index contributed by atoms with van der Waals surface area (Å²) in [5.41, 5.74) is 0.147. The van der Waals surface area contributed by atoms with E-state index in [2.05, 4.69) is 0 Å². The average molecular weight is 311 g/mol. The van der Waals surface area contributed by atoms with Gasteiger partial charge in [-0.05, 0) is 25.0 Å². The van der Waals surface area contributed by atoms with E-state index in [1.165, 1.54) is 17.0 Å². The maximum absolute atomic E-state index is 12.5. The van der Waals surface area contributed by atoms with Crippen molar-refractivity contribution in [1.82, 2.24) is 4.90 Å². The molecule has 1 N–H and O–H groups in total. The highest BCUT2D eigenvalue weighted by atomic mass is 32.2. The van der Waals surface area contributed by atoms with Crippen LogP contribution in [0, 0.1) is 5.92 Å². The van der Waals surface area contributed by atoms with Crippen molar-refractivity contribution in [3.63, 3.8) is 0 Å². The van der Waals surface area contributed by atoms with Crippen LogP contribution in [0.2, 0.25) is 0 Å². The van der Waals surface area contributed by atoms with E-state index in [4.69, 9.17) is 5.11 Å². The van der Waals surface area contributed by atoms with Crippen molar-refractivity contribution in [2.75, 3.05) is 19.3 Å². The van der Waals surface area contributed by atoms with Crippen molar-refractivity contribution in [3.05, 3.63) is 29.8 Å². The first kappa shape index (κ1) is 15.5. The molecule has 114 valence electrons. The molecule has 1 saturated heterocycles. The molecule has 0 radical (unpaired) electrons. The largest absolute Gasteiger partial charge is 0.481 e. The predicted molar refractivity (Wildman–Crippen MR) is 75.8 cm³/mol. The number of sulfone groups is 1. The molecule has 1 aromatic rings. The van der Waals surface area contributed by atoms with Gasteiger partial charge in [-0.25, -0.2) is 8.42 Å². The maximum atomic E-state index is 12.5. The van der Waals surface area contributed by atoms with E-state index in [0.717, 1.165) is 6.26 Å². The number of aliphatic carboxylic acids is 1. The van der Waals surface area contributed by atoms with Crippen molar-refractivity contribution in [1.29, 1.82) is 0 Å². The molecule has 1 amide bonds. The van der Waals surface area contributed by atoms with Gasteiger partial charge in [-0.15, -0.1) is 0 Å². The van der Waals surface area contributed by atoms with Gasteiger partial charge >= 0.3 is 5.97 Å². The normalized spacial score (nSPS) is 16.7. The monoisotopic (exact) mass is 311 g/mol. The number of carboxylic acids is 1. The van der Waals surface area contributed by atoms with Crippen LogP contribution in [0.5, 0.6) is 0 Å². The molecular formula is C14H17NO5S. The Morgan fingerprint density at radius 2 is 1.76 bits per heavy atom. The topological polar surface area (TPSA) is 91.8 Å². The Labute approximate surface area is 123 Å².